The monoisotopic (exact) mass is 879 g/mol. The van der Waals surface area contributed by atoms with E-state index in [0.717, 1.165) is 12.1 Å². The molecule has 330 valence electrons. The van der Waals surface area contributed by atoms with Gasteiger partial charge in [-0.15, -0.1) is 11.3 Å². The Labute approximate surface area is 397 Å². The van der Waals surface area contributed by atoms with E-state index >= 15 is 0 Å². The van der Waals surface area contributed by atoms with Gasteiger partial charge >= 0.3 is 0 Å². The number of thiophene rings is 1. The Morgan fingerprint density at radius 3 is 1.41 bits per heavy atom. The molecule has 3 nitrogen and oxygen atoms in total. The molecule has 0 saturated carbocycles. The summed E-state index contributed by atoms with van der Waals surface area (Å²) in [6.45, 7) is 27.9. The maximum atomic E-state index is 2.65. The lowest BCUT2D eigenvalue weighted by Gasteiger charge is -2.45. The number of hydrogen-bond donors (Lipinski definition) is 0. The highest BCUT2D eigenvalue weighted by atomic mass is 32.1. The van der Waals surface area contributed by atoms with Gasteiger partial charge in [-0.3, -0.25) is 0 Å². The van der Waals surface area contributed by atoms with Gasteiger partial charge in [0.05, 0.1) is 11.4 Å². The predicted molar refractivity (Wildman–Crippen MR) is 288 cm³/mol. The first-order valence-corrected chi connectivity index (χ1v) is 24.7. The second-order valence-corrected chi connectivity index (χ2v) is 24.2. The first-order valence-electron chi connectivity index (χ1n) is 23.9. The SMILES string of the molecule is CC(C)(C)c1ccc(N2c3ccc(C(C)(C)C)cc3B3c4sc5ccc(C(C)(C)C)cc5c4N(c4ccc(C(C)(C)C)cc4)c4cc(N5c6ccccc6Cc6ccccc65)cc2c43)cc1. The molecule has 4 heterocycles. The Morgan fingerprint density at radius 2 is 0.864 bits per heavy atom. The summed E-state index contributed by atoms with van der Waals surface area (Å²) in [4.78, 5) is 7.78. The zero-order valence-corrected chi connectivity index (χ0v) is 41.7. The number of hydrogen-bond acceptors (Lipinski definition) is 4. The highest BCUT2D eigenvalue weighted by Crippen LogP contribution is 2.53. The van der Waals surface area contributed by atoms with Crippen LogP contribution in [0.5, 0.6) is 0 Å². The second-order valence-electron chi connectivity index (χ2n) is 23.2. The number of nitrogens with zero attached hydrogens (tertiary/aromatic N) is 3. The Bertz CT molecular complexity index is 3170. The van der Waals surface area contributed by atoms with Gasteiger partial charge in [0, 0.05) is 61.1 Å². The van der Waals surface area contributed by atoms with E-state index in [4.69, 9.17) is 0 Å². The van der Waals surface area contributed by atoms with E-state index in [1.165, 1.54) is 105 Å². The number of anilines is 9. The molecule has 3 aliphatic rings. The highest BCUT2D eigenvalue weighted by Gasteiger charge is 2.46. The Hall–Kier alpha value is -6.04. The first kappa shape index (κ1) is 42.6. The van der Waals surface area contributed by atoms with Gasteiger partial charge in [0.25, 0.3) is 6.71 Å². The van der Waals surface area contributed by atoms with Crippen LogP contribution in [0, 0.1) is 0 Å². The zero-order valence-electron chi connectivity index (χ0n) is 40.9. The van der Waals surface area contributed by atoms with Crippen LogP contribution in [-0.4, -0.2) is 6.71 Å². The summed E-state index contributed by atoms with van der Waals surface area (Å²) >= 11 is 1.99. The van der Waals surface area contributed by atoms with Gasteiger partial charge in [0.15, 0.2) is 0 Å². The second kappa shape index (κ2) is 14.7. The summed E-state index contributed by atoms with van der Waals surface area (Å²) in [5.74, 6) is 0. The number of para-hydroxylation sites is 2. The maximum Gasteiger partial charge on any atom is 0.264 e. The largest absolute Gasteiger partial charge is 0.311 e. The van der Waals surface area contributed by atoms with Crippen LogP contribution < -0.4 is 30.4 Å². The minimum absolute atomic E-state index is 0.00770. The van der Waals surface area contributed by atoms with Crippen LogP contribution in [0.1, 0.15) is 116 Å². The molecule has 0 N–H and O–H groups in total. The number of benzene rings is 7. The molecular formula is C61H62BN3S. The molecule has 5 heteroatoms. The Balaban J connectivity index is 1.29. The van der Waals surface area contributed by atoms with E-state index in [1.54, 1.807) is 0 Å². The molecule has 11 rings (SSSR count). The zero-order chi connectivity index (χ0) is 46.2. The van der Waals surface area contributed by atoms with E-state index in [2.05, 4.69) is 243 Å². The number of rotatable bonds is 3. The molecule has 8 aromatic rings. The topological polar surface area (TPSA) is 9.72 Å². The van der Waals surface area contributed by atoms with Crippen molar-refractivity contribution in [2.24, 2.45) is 0 Å². The van der Waals surface area contributed by atoms with Crippen molar-refractivity contribution < 1.29 is 0 Å². The van der Waals surface area contributed by atoms with Gasteiger partial charge in [-0.2, -0.15) is 0 Å². The smallest absolute Gasteiger partial charge is 0.264 e. The normalized spacial score (nSPS) is 14.5. The number of fused-ring (bicyclic) bond motifs is 8. The van der Waals surface area contributed by atoms with Crippen LogP contribution in [0.25, 0.3) is 10.1 Å². The van der Waals surface area contributed by atoms with Gasteiger partial charge in [0.1, 0.15) is 0 Å². The Morgan fingerprint density at radius 1 is 0.409 bits per heavy atom. The fourth-order valence-electron chi connectivity index (χ4n) is 10.7. The molecule has 0 unspecified atom stereocenters. The average molecular weight is 880 g/mol. The third-order valence-electron chi connectivity index (χ3n) is 14.5. The van der Waals surface area contributed by atoms with Crippen molar-refractivity contribution in [1.29, 1.82) is 0 Å². The molecule has 0 atom stereocenters. The fraction of sp³-hybridized carbons (Fsp3) is 0.279. The van der Waals surface area contributed by atoms with Crippen molar-refractivity contribution >= 4 is 95.0 Å². The molecule has 3 aliphatic heterocycles. The van der Waals surface area contributed by atoms with E-state index in [1.807, 2.05) is 11.3 Å². The van der Waals surface area contributed by atoms with Crippen molar-refractivity contribution in [3.8, 4) is 0 Å². The minimum atomic E-state index is -0.0314. The van der Waals surface area contributed by atoms with Crippen molar-refractivity contribution in [3.63, 3.8) is 0 Å². The molecule has 0 radical (unpaired) electrons. The lowest BCUT2D eigenvalue weighted by atomic mass is 9.36. The third-order valence-corrected chi connectivity index (χ3v) is 15.7. The van der Waals surface area contributed by atoms with Gasteiger partial charge in [0.2, 0.25) is 0 Å². The van der Waals surface area contributed by atoms with Crippen molar-refractivity contribution in [2.75, 3.05) is 14.7 Å². The minimum Gasteiger partial charge on any atom is -0.311 e. The molecule has 0 saturated heterocycles. The van der Waals surface area contributed by atoms with Crippen LogP contribution in [0.4, 0.5) is 51.2 Å². The Kier molecular flexibility index (Phi) is 9.51. The lowest BCUT2D eigenvalue weighted by Crippen LogP contribution is -2.60. The molecule has 66 heavy (non-hydrogen) atoms. The molecule has 0 amide bonds. The van der Waals surface area contributed by atoms with Crippen molar-refractivity contribution in [3.05, 3.63) is 179 Å². The van der Waals surface area contributed by atoms with Crippen LogP contribution >= 0.6 is 11.3 Å². The first-order chi connectivity index (χ1) is 31.3. The fourth-order valence-corrected chi connectivity index (χ4v) is 12.0. The molecule has 0 spiro atoms. The summed E-state index contributed by atoms with van der Waals surface area (Å²) in [7, 11) is 0. The van der Waals surface area contributed by atoms with Crippen molar-refractivity contribution in [1.82, 2.24) is 0 Å². The van der Waals surface area contributed by atoms with E-state index in [9.17, 15) is 0 Å². The molecule has 7 aromatic carbocycles. The van der Waals surface area contributed by atoms with Gasteiger partial charge in [-0.05, 0) is 133 Å². The quantitative estimate of drug-likeness (QED) is 0.164. The summed E-state index contributed by atoms with van der Waals surface area (Å²) in [6.07, 6.45) is 0.908. The highest BCUT2D eigenvalue weighted by molar-refractivity contribution is 7.33. The maximum absolute atomic E-state index is 2.65. The summed E-state index contributed by atoms with van der Waals surface area (Å²) in [5.41, 5.74) is 21.8. The third kappa shape index (κ3) is 6.83. The van der Waals surface area contributed by atoms with Crippen LogP contribution in [0.15, 0.2) is 146 Å². The average Bonchev–Trinajstić information content (AvgIpc) is 3.65. The molecule has 0 aliphatic carbocycles. The van der Waals surface area contributed by atoms with Gasteiger partial charge in [-0.1, -0.05) is 162 Å². The van der Waals surface area contributed by atoms with E-state index in [0.29, 0.717) is 0 Å². The van der Waals surface area contributed by atoms with Gasteiger partial charge < -0.3 is 14.7 Å². The van der Waals surface area contributed by atoms with Crippen LogP contribution in [-0.2, 0) is 28.1 Å². The summed E-state index contributed by atoms with van der Waals surface area (Å²) in [5, 5.41) is 1.32. The van der Waals surface area contributed by atoms with Gasteiger partial charge in [-0.25, -0.2) is 0 Å². The van der Waals surface area contributed by atoms with Crippen molar-refractivity contribution in [2.45, 2.75) is 111 Å². The lowest BCUT2D eigenvalue weighted by molar-refractivity contribution is 0.590. The molecular weight excluding hydrogens is 818 g/mol. The summed E-state index contributed by atoms with van der Waals surface area (Å²) in [6, 6.07) is 56.6. The van der Waals surface area contributed by atoms with Crippen LogP contribution in [0.2, 0.25) is 0 Å². The predicted octanol–water partition coefficient (Wildman–Crippen LogP) is 15.5. The summed E-state index contributed by atoms with van der Waals surface area (Å²) < 4.78 is 2.73. The standard InChI is InChI=1S/C61H62BN3S/c1-58(2,3)40-21-27-44(28-22-40)63-51-31-25-43(61(10,11)12)35-48(51)62-55-52(63)36-46(64-49-19-15-13-17-38(49)33-39-18-14-16-20-50(39)64)37-53(55)65(45-29-23-41(24-30-45)59(4,5)6)56-47-34-42(60(7,8)9)26-32-54(47)66-57(56)62/h13-32,34-37H,33H2,1-12H3. The molecule has 0 bridgehead atoms. The van der Waals surface area contributed by atoms with E-state index < -0.39 is 0 Å². The van der Waals surface area contributed by atoms with E-state index in [-0.39, 0.29) is 28.4 Å². The molecule has 1 aromatic heterocycles. The molecule has 0 fully saturated rings. The van der Waals surface area contributed by atoms with Crippen LogP contribution in [0.3, 0.4) is 0 Å².